The molecule has 0 aliphatic heterocycles. The second kappa shape index (κ2) is 6.22. The normalized spacial score (nSPS) is 12.5. The molecule has 0 atom stereocenters. The zero-order valence-electron chi connectivity index (χ0n) is 8.09. The molecule has 0 aromatic rings. The van der Waals surface area contributed by atoms with Crippen LogP contribution in [-0.2, 0) is 14.7 Å². The van der Waals surface area contributed by atoms with Crippen molar-refractivity contribution in [3.05, 3.63) is 10.4 Å². The Balaban J connectivity index is 3.62. The lowest BCUT2D eigenvalue weighted by molar-refractivity contribution is -0.510. The molecule has 7 heteroatoms. The Kier molecular flexibility index (Phi) is 6.08. The van der Waals surface area contributed by atoms with Crippen LogP contribution in [0.1, 0.15) is 27.7 Å². The van der Waals surface area contributed by atoms with Crippen molar-refractivity contribution in [3.63, 3.8) is 0 Å². The molecule has 0 fully saturated rings. The van der Waals surface area contributed by atoms with E-state index < -0.39 is 11.4 Å². The third-order valence-corrected chi connectivity index (χ3v) is 0.734. The topological polar surface area (TPSA) is 80.3 Å². The summed E-state index contributed by atoms with van der Waals surface area (Å²) in [4.78, 5) is 12.9. The van der Waals surface area contributed by atoms with E-state index in [1.54, 1.807) is 27.7 Å². The molecule has 0 aromatic heterocycles. The number of hydrogen-bond acceptors (Lipinski definition) is 7. The van der Waals surface area contributed by atoms with Crippen LogP contribution < -0.4 is 0 Å². The van der Waals surface area contributed by atoms with Crippen LogP contribution >= 0.6 is 0 Å². The maximum absolute atomic E-state index is 10.7. The fourth-order valence-corrected chi connectivity index (χ4v) is 0.369. The summed E-state index contributed by atoms with van der Waals surface area (Å²) in [6.45, 7) is 6.49. The molecule has 80 valence electrons. The minimum Gasteiger partial charge on any atom is -0.747 e. The monoisotopic (exact) mass is 194 g/mol. The minimum absolute atomic E-state index is 0.316. The second-order valence-electron chi connectivity index (χ2n) is 2.85. The van der Waals surface area contributed by atoms with Gasteiger partial charge in [0.2, 0.25) is 0 Å². The summed E-state index contributed by atoms with van der Waals surface area (Å²) < 4.78 is 0. The molecule has 0 amide bonds. The van der Waals surface area contributed by atoms with Crippen molar-refractivity contribution in [1.29, 1.82) is 0 Å². The molecule has 0 heterocycles. The summed E-state index contributed by atoms with van der Waals surface area (Å²) >= 11 is 0. The first kappa shape index (κ1) is 12.7. The average molecular weight is 194 g/mol. The summed E-state index contributed by atoms with van der Waals surface area (Å²) in [6, 6.07) is 0. The van der Waals surface area contributed by atoms with E-state index in [1.165, 1.54) is 0 Å². The van der Waals surface area contributed by atoms with Gasteiger partial charge in [-0.25, -0.2) is 4.89 Å². The molecule has 0 unspecified atom stereocenters. The standard InChI is InChI=1S/C6H14N2O5/c1-5(2)11-7(9)8(10)13-12-6(3)4/h5-6H,1-4H3/q-2. The van der Waals surface area contributed by atoms with Gasteiger partial charge in [0.15, 0.2) is 0 Å². The Morgan fingerprint density at radius 1 is 0.923 bits per heavy atom. The van der Waals surface area contributed by atoms with Gasteiger partial charge >= 0.3 is 0 Å². The lowest BCUT2D eigenvalue weighted by atomic mass is 10.5. The van der Waals surface area contributed by atoms with Crippen molar-refractivity contribution in [2.24, 2.45) is 0 Å². The first-order valence-electron chi connectivity index (χ1n) is 3.88. The largest absolute Gasteiger partial charge is 0.747 e. The predicted octanol–water partition coefficient (Wildman–Crippen LogP) is 1.11. The van der Waals surface area contributed by atoms with E-state index in [0.717, 1.165) is 0 Å². The lowest BCUT2D eigenvalue weighted by Gasteiger charge is -2.40. The molecule has 0 spiro atoms. The highest BCUT2D eigenvalue weighted by Gasteiger charge is 2.01. The highest BCUT2D eigenvalue weighted by Crippen LogP contribution is 2.02. The van der Waals surface area contributed by atoms with Gasteiger partial charge in [-0.15, -0.1) is 10.3 Å². The van der Waals surface area contributed by atoms with E-state index in [-0.39, 0.29) is 11.4 Å². The summed E-state index contributed by atoms with van der Waals surface area (Å²) in [5.74, 6) is 0. The Labute approximate surface area is 76.7 Å². The molecule has 0 rings (SSSR count). The van der Waals surface area contributed by atoms with Gasteiger partial charge in [0, 0.05) is 0 Å². The Morgan fingerprint density at radius 3 is 1.85 bits per heavy atom. The van der Waals surface area contributed by atoms with Crippen LogP contribution in [0.3, 0.4) is 0 Å². The maximum atomic E-state index is 10.7. The summed E-state index contributed by atoms with van der Waals surface area (Å²) in [7, 11) is 0. The molecule has 0 saturated heterocycles. The van der Waals surface area contributed by atoms with Gasteiger partial charge in [0.25, 0.3) is 0 Å². The molecule has 0 saturated carbocycles. The lowest BCUT2D eigenvalue weighted by Crippen LogP contribution is -2.36. The fourth-order valence-electron chi connectivity index (χ4n) is 0.369. The van der Waals surface area contributed by atoms with Crippen molar-refractivity contribution >= 4 is 0 Å². The molecule has 0 aromatic carbocycles. The van der Waals surface area contributed by atoms with Crippen molar-refractivity contribution in [1.82, 2.24) is 10.7 Å². The van der Waals surface area contributed by atoms with E-state index >= 15 is 0 Å². The predicted molar refractivity (Wildman–Crippen MR) is 43.9 cm³/mol. The van der Waals surface area contributed by atoms with Crippen LogP contribution in [0.2, 0.25) is 0 Å². The van der Waals surface area contributed by atoms with Gasteiger partial charge in [-0.3, -0.25) is 4.84 Å². The van der Waals surface area contributed by atoms with Gasteiger partial charge in [0.05, 0.1) is 12.2 Å². The van der Waals surface area contributed by atoms with Crippen LogP contribution in [0.5, 0.6) is 0 Å². The average Bonchev–Trinajstić information content (AvgIpc) is 1.98. The van der Waals surface area contributed by atoms with E-state index in [2.05, 4.69) is 14.7 Å². The van der Waals surface area contributed by atoms with Crippen molar-refractivity contribution < 1.29 is 14.7 Å². The molecule has 0 aliphatic carbocycles. The Bertz CT molecular complexity index is 132. The van der Waals surface area contributed by atoms with Crippen molar-refractivity contribution in [2.75, 3.05) is 0 Å². The van der Waals surface area contributed by atoms with E-state index in [0.29, 0.717) is 0 Å². The van der Waals surface area contributed by atoms with E-state index in [4.69, 9.17) is 0 Å². The fraction of sp³-hybridized carbons (Fsp3) is 1.00. The van der Waals surface area contributed by atoms with Crippen LogP contribution in [0.4, 0.5) is 0 Å². The Hall–Kier alpha value is -0.280. The molecule has 0 aliphatic rings. The van der Waals surface area contributed by atoms with Crippen LogP contribution in [0.15, 0.2) is 0 Å². The third-order valence-electron chi connectivity index (χ3n) is 0.734. The number of rotatable bonds is 6. The second-order valence-corrected chi connectivity index (χ2v) is 2.85. The number of hydrazine groups is 1. The zero-order valence-corrected chi connectivity index (χ0v) is 8.09. The molecular weight excluding hydrogens is 180 g/mol. The SMILES string of the molecule is CC(C)OON([O-])N([O-])OC(C)C. The van der Waals surface area contributed by atoms with E-state index in [9.17, 15) is 10.4 Å². The van der Waals surface area contributed by atoms with Gasteiger partial charge < -0.3 is 10.4 Å². The van der Waals surface area contributed by atoms with Crippen LogP contribution in [0.25, 0.3) is 0 Å². The first-order valence-corrected chi connectivity index (χ1v) is 3.88. The van der Waals surface area contributed by atoms with Gasteiger partial charge in [-0.1, -0.05) is 0 Å². The van der Waals surface area contributed by atoms with Crippen molar-refractivity contribution in [3.8, 4) is 0 Å². The number of hydrogen-bond donors (Lipinski definition) is 0. The first-order chi connectivity index (χ1) is 5.93. The number of nitrogens with zero attached hydrogens (tertiary/aromatic N) is 2. The molecule has 0 radical (unpaired) electrons. The molecule has 0 N–H and O–H groups in total. The summed E-state index contributed by atoms with van der Waals surface area (Å²) in [5, 5.41) is 20.5. The summed E-state index contributed by atoms with van der Waals surface area (Å²) in [6.07, 6.45) is -0.722. The zero-order chi connectivity index (χ0) is 10.4. The van der Waals surface area contributed by atoms with Crippen LogP contribution in [-0.4, -0.2) is 22.9 Å². The summed E-state index contributed by atoms with van der Waals surface area (Å²) in [5.41, 5.74) is 0. The van der Waals surface area contributed by atoms with Crippen LogP contribution in [0, 0.1) is 10.4 Å². The van der Waals surface area contributed by atoms with Gasteiger partial charge in [-0.2, -0.15) is 5.34 Å². The third kappa shape index (κ3) is 6.84. The van der Waals surface area contributed by atoms with Crippen molar-refractivity contribution in [2.45, 2.75) is 39.9 Å². The molecule has 0 bridgehead atoms. The quantitative estimate of drug-likeness (QED) is 0.462. The minimum atomic E-state index is -0.431. The molecule has 13 heavy (non-hydrogen) atoms. The maximum Gasteiger partial charge on any atom is 0.0894 e. The van der Waals surface area contributed by atoms with Gasteiger partial charge in [-0.05, 0) is 27.7 Å². The molecular formula is C6H14N2O5-2. The van der Waals surface area contributed by atoms with Gasteiger partial charge in [0.1, 0.15) is 0 Å². The highest BCUT2D eigenvalue weighted by molar-refractivity contribution is 4.38. The smallest absolute Gasteiger partial charge is 0.0894 e. The highest BCUT2D eigenvalue weighted by atomic mass is 17.4. The Morgan fingerprint density at radius 2 is 1.46 bits per heavy atom. The van der Waals surface area contributed by atoms with E-state index in [1.807, 2.05) is 0 Å². The molecule has 7 nitrogen and oxygen atoms in total.